The number of thiophene rings is 1. The second-order valence-electron chi connectivity index (χ2n) is 5.76. The number of nitrogens with one attached hydrogen (secondary N) is 1. The minimum absolute atomic E-state index is 0.0583. The molecule has 0 atom stereocenters. The number of anilines is 1. The van der Waals surface area contributed by atoms with E-state index < -0.39 is 15.9 Å². The molecule has 1 aromatic heterocycles. The van der Waals surface area contributed by atoms with E-state index in [-0.39, 0.29) is 10.5 Å². The van der Waals surface area contributed by atoms with E-state index in [0.29, 0.717) is 5.69 Å². The lowest BCUT2D eigenvalue weighted by Crippen LogP contribution is -2.14. The summed E-state index contributed by atoms with van der Waals surface area (Å²) in [5.74, 6) is -0.583. The van der Waals surface area contributed by atoms with Crippen molar-refractivity contribution in [2.75, 3.05) is 5.32 Å². The second-order valence-corrected chi connectivity index (χ2v) is 8.44. The maximum atomic E-state index is 12.4. The number of primary sulfonamides is 1. The van der Waals surface area contributed by atoms with Gasteiger partial charge in [0.15, 0.2) is 0 Å². The SMILES string of the molecule is N#C/C(=C\c1ccc(-c2ccccc2)s1)C(=O)Nc1ccc(S(N)(=O)=O)cc1. The summed E-state index contributed by atoms with van der Waals surface area (Å²) < 4.78 is 22.5. The van der Waals surface area contributed by atoms with Gasteiger partial charge in [0.1, 0.15) is 11.6 Å². The first-order chi connectivity index (χ1) is 13.4. The third-order valence-electron chi connectivity index (χ3n) is 3.78. The number of rotatable bonds is 5. The van der Waals surface area contributed by atoms with Crippen LogP contribution in [0.25, 0.3) is 16.5 Å². The average molecular weight is 409 g/mol. The molecule has 0 unspecified atom stereocenters. The molecule has 3 N–H and O–H groups in total. The van der Waals surface area contributed by atoms with Crippen LogP contribution in [0.2, 0.25) is 0 Å². The first-order valence-electron chi connectivity index (χ1n) is 8.08. The number of amides is 1. The van der Waals surface area contributed by atoms with Crippen LogP contribution in [0.5, 0.6) is 0 Å². The van der Waals surface area contributed by atoms with Crippen LogP contribution in [-0.2, 0) is 14.8 Å². The Hall–Kier alpha value is -3.25. The van der Waals surface area contributed by atoms with Crippen LogP contribution in [0.1, 0.15) is 4.88 Å². The second kappa shape index (κ2) is 8.19. The molecule has 0 saturated carbocycles. The van der Waals surface area contributed by atoms with E-state index in [1.807, 2.05) is 48.5 Å². The number of sulfonamides is 1. The zero-order valence-corrected chi connectivity index (χ0v) is 16.1. The van der Waals surface area contributed by atoms with Gasteiger partial charge in [0.2, 0.25) is 10.0 Å². The molecule has 3 rings (SSSR count). The van der Waals surface area contributed by atoms with Crippen LogP contribution in [0, 0.1) is 11.3 Å². The molecule has 140 valence electrons. The van der Waals surface area contributed by atoms with E-state index in [9.17, 15) is 18.5 Å². The van der Waals surface area contributed by atoms with Crippen molar-refractivity contribution < 1.29 is 13.2 Å². The van der Waals surface area contributed by atoms with E-state index in [0.717, 1.165) is 15.3 Å². The van der Waals surface area contributed by atoms with Crippen LogP contribution in [0.3, 0.4) is 0 Å². The number of benzene rings is 2. The van der Waals surface area contributed by atoms with Crippen LogP contribution in [0.15, 0.2) is 77.2 Å². The fourth-order valence-corrected chi connectivity index (χ4v) is 3.88. The number of nitriles is 1. The molecule has 1 heterocycles. The summed E-state index contributed by atoms with van der Waals surface area (Å²) in [5.41, 5.74) is 1.36. The Kier molecular flexibility index (Phi) is 5.70. The van der Waals surface area contributed by atoms with Gasteiger partial charge in [0, 0.05) is 15.4 Å². The predicted octanol–water partition coefficient (Wildman–Crippen LogP) is 3.61. The van der Waals surface area contributed by atoms with Crippen LogP contribution < -0.4 is 10.5 Å². The summed E-state index contributed by atoms with van der Waals surface area (Å²) in [6.45, 7) is 0. The van der Waals surface area contributed by atoms with Gasteiger partial charge in [0.25, 0.3) is 5.91 Å². The molecular formula is C20H15N3O3S2. The minimum atomic E-state index is -3.81. The molecule has 8 heteroatoms. The van der Waals surface area contributed by atoms with Crippen LogP contribution >= 0.6 is 11.3 Å². The standard InChI is InChI=1S/C20H15N3O3S2/c21-13-15(12-17-8-11-19(27-17)14-4-2-1-3-5-14)20(24)23-16-6-9-18(10-7-16)28(22,25)26/h1-12H,(H,23,24)(H2,22,25,26)/b15-12+. The van der Waals surface area contributed by atoms with Crippen molar-refractivity contribution in [2.45, 2.75) is 4.90 Å². The highest BCUT2D eigenvalue weighted by Gasteiger charge is 2.12. The normalized spacial score (nSPS) is 11.6. The molecule has 0 aliphatic carbocycles. The highest BCUT2D eigenvalue weighted by atomic mass is 32.2. The van der Waals surface area contributed by atoms with Gasteiger partial charge in [-0.05, 0) is 48.0 Å². The van der Waals surface area contributed by atoms with Crippen molar-refractivity contribution in [3.05, 3.63) is 77.2 Å². The Morgan fingerprint density at radius 2 is 1.71 bits per heavy atom. The molecule has 1 amide bonds. The van der Waals surface area contributed by atoms with Gasteiger partial charge < -0.3 is 5.32 Å². The van der Waals surface area contributed by atoms with Gasteiger partial charge in [-0.25, -0.2) is 13.6 Å². The average Bonchev–Trinajstić information content (AvgIpc) is 3.15. The van der Waals surface area contributed by atoms with Crippen molar-refractivity contribution in [3.63, 3.8) is 0 Å². The van der Waals surface area contributed by atoms with E-state index >= 15 is 0 Å². The Balaban J connectivity index is 1.77. The Morgan fingerprint density at radius 3 is 2.32 bits per heavy atom. The Morgan fingerprint density at radius 1 is 1.04 bits per heavy atom. The third-order valence-corrected chi connectivity index (χ3v) is 5.79. The van der Waals surface area contributed by atoms with Gasteiger partial charge in [-0.3, -0.25) is 4.79 Å². The molecule has 0 spiro atoms. The summed E-state index contributed by atoms with van der Waals surface area (Å²) in [6, 6.07) is 20.9. The lowest BCUT2D eigenvalue weighted by molar-refractivity contribution is -0.112. The Bertz CT molecular complexity index is 1170. The first-order valence-corrected chi connectivity index (χ1v) is 10.4. The van der Waals surface area contributed by atoms with Gasteiger partial charge in [0.05, 0.1) is 4.90 Å². The lowest BCUT2D eigenvalue weighted by Gasteiger charge is -2.05. The molecule has 2 aromatic carbocycles. The number of nitrogens with zero attached hydrogens (tertiary/aromatic N) is 1. The highest BCUT2D eigenvalue weighted by Crippen LogP contribution is 2.29. The van der Waals surface area contributed by atoms with E-state index in [2.05, 4.69) is 5.32 Å². The number of hydrogen-bond acceptors (Lipinski definition) is 5. The van der Waals surface area contributed by atoms with Crippen LogP contribution in [0.4, 0.5) is 5.69 Å². The maximum absolute atomic E-state index is 12.4. The molecule has 0 saturated heterocycles. The highest BCUT2D eigenvalue weighted by molar-refractivity contribution is 7.89. The molecule has 0 aliphatic heterocycles. The molecule has 6 nitrogen and oxygen atoms in total. The fourth-order valence-electron chi connectivity index (χ4n) is 2.41. The zero-order chi connectivity index (χ0) is 20.1. The topological polar surface area (TPSA) is 113 Å². The quantitative estimate of drug-likeness (QED) is 0.495. The van der Waals surface area contributed by atoms with Crippen molar-refractivity contribution >= 4 is 39.0 Å². The van der Waals surface area contributed by atoms with Gasteiger partial charge in [-0.15, -0.1) is 11.3 Å². The van der Waals surface area contributed by atoms with Crippen molar-refractivity contribution in [2.24, 2.45) is 5.14 Å². The molecule has 28 heavy (non-hydrogen) atoms. The summed E-state index contributed by atoms with van der Waals surface area (Å²) in [7, 11) is -3.81. The zero-order valence-electron chi connectivity index (χ0n) is 14.5. The number of nitrogens with two attached hydrogens (primary N) is 1. The predicted molar refractivity (Wildman–Crippen MR) is 110 cm³/mol. The molecule has 0 fully saturated rings. The summed E-state index contributed by atoms with van der Waals surface area (Å²) in [6.07, 6.45) is 1.52. The van der Waals surface area contributed by atoms with Crippen molar-refractivity contribution in [3.8, 4) is 16.5 Å². The molecule has 0 bridgehead atoms. The number of carbonyl (C=O) groups is 1. The molecule has 0 radical (unpaired) electrons. The number of carbonyl (C=O) groups excluding carboxylic acids is 1. The Labute approximate surface area is 166 Å². The lowest BCUT2D eigenvalue weighted by atomic mass is 10.2. The minimum Gasteiger partial charge on any atom is -0.321 e. The largest absolute Gasteiger partial charge is 0.321 e. The summed E-state index contributed by atoms with van der Waals surface area (Å²) in [5, 5.41) is 17.0. The fraction of sp³-hybridized carbons (Fsp3) is 0. The van der Waals surface area contributed by atoms with E-state index in [4.69, 9.17) is 5.14 Å². The monoisotopic (exact) mass is 409 g/mol. The molecule has 0 aliphatic rings. The first kappa shape index (κ1) is 19.5. The van der Waals surface area contributed by atoms with Gasteiger partial charge in [-0.1, -0.05) is 30.3 Å². The van der Waals surface area contributed by atoms with E-state index in [1.165, 1.54) is 41.7 Å². The van der Waals surface area contributed by atoms with Crippen molar-refractivity contribution in [1.29, 1.82) is 5.26 Å². The molecule has 3 aromatic rings. The van der Waals surface area contributed by atoms with Crippen LogP contribution in [-0.4, -0.2) is 14.3 Å². The van der Waals surface area contributed by atoms with Crippen molar-refractivity contribution in [1.82, 2.24) is 0 Å². The van der Waals surface area contributed by atoms with Gasteiger partial charge >= 0.3 is 0 Å². The third kappa shape index (κ3) is 4.72. The van der Waals surface area contributed by atoms with Gasteiger partial charge in [-0.2, -0.15) is 5.26 Å². The maximum Gasteiger partial charge on any atom is 0.266 e. The number of hydrogen-bond donors (Lipinski definition) is 2. The summed E-state index contributed by atoms with van der Waals surface area (Å²) in [4.78, 5) is 14.1. The molecular weight excluding hydrogens is 394 g/mol. The smallest absolute Gasteiger partial charge is 0.266 e. The van der Waals surface area contributed by atoms with E-state index in [1.54, 1.807) is 0 Å². The summed E-state index contributed by atoms with van der Waals surface area (Å²) >= 11 is 1.47.